The summed E-state index contributed by atoms with van der Waals surface area (Å²) in [7, 11) is 1.62. The summed E-state index contributed by atoms with van der Waals surface area (Å²) >= 11 is 1.52. The molecule has 2 N–H and O–H groups in total. The molecule has 2 aromatic rings. The molecule has 0 aliphatic carbocycles. The minimum atomic E-state index is 0.600. The van der Waals surface area contributed by atoms with Crippen molar-refractivity contribution < 1.29 is 4.74 Å². The highest BCUT2D eigenvalue weighted by atomic mass is 32.1. The van der Waals surface area contributed by atoms with Crippen molar-refractivity contribution in [2.75, 3.05) is 12.8 Å². The quantitative estimate of drug-likeness (QED) is 0.917. The molecule has 104 valence electrons. The van der Waals surface area contributed by atoms with Crippen LogP contribution in [0.2, 0.25) is 0 Å². The molecule has 0 saturated carbocycles. The van der Waals surface area contributed by atoms with Crippen LogP contribution in [0.25, 0.3) is 0 Å². The first-order chi connectivity index (χ1) is 9.67. The molecule has 0 fully saturated rings. The lowest BCUT2D eigenvalue weighted by Gasteiger charge is -2.08. The van der Waals surface area contributed by atoms with Crippen LogP contribution in [0.15, 0.2) is 18.2 Å². The predicted molar refractivity (Wildman–Crippen MR) is 81.0 cm³/mol. The average molecular weight is 287 g/mol. The zero-order valence-corrected chi connectivity index (χ0v) is 12.5. The van der Waals surface area contributed by atoms with E-state index in [0.717, 1.165) is 36.3 Å². The van der Waals surface area contributed by atoms with Gasteiger partial charge in [-0.05, 0) is 24.1 Å². The molecule has 0 unspecified atom stereocenters. The van der Waals surface area contributed by atoms with Crippen LogP contribution in [0.3, 0.4) is 0 Å². The van der Waals surface area contributed by atoms with Crippen molar-refractivity contribution in [1.29, 1.82) is 5.26 Å². The molecule has 0 atom stereocenters. The molecule has 0 radical (unpaired) electrons. The molecule has 1 aromatic carbocycles. The number of benzene rings is 1. The second-order valence-corrected chi connectivity index (χ2v) is 5.60. The van der Waals surface area contributed by atoms with E-state index >= 15 is 0 Å². The third kappa shape index (κ3) is 3.09. The molecule has 5 heteroatoms. The van der Waals surface area contributed by atoms with Crippen molar-refractivity contribution in [2.24, 2.45) is 0 Å². The molecule has 0 aliphatic rings. The van der Waals surface area contributed by atoms with Gasteiger partial charge in [-0.3, -0.25) is 0 Å². The number of aryl methyl sites for hydroxylation is 1. The average Bonchev–Trinajstić information content (AvgIpc) is 2.79. The number of thiazole rings is 1. The third-order valence-corrected chi connectivity index (χ3v) is 3.98. The Hall–Kier alpha value is -2.06. The number of aromatic nitrogens is 1. The van der Waals surface area contributed by atoms with Gasteiger partial charge in [0.05, 0.1) is 24.4 Å². The number of methoxy groups -OCH3 is 1. The highest BCUT2D eigenvalue weighted by Crippen LogP contribution is 2.29. The van der Waals surface area contributed by atoms with E-state index in [4.69, 9.17) is 15.7 Å². The summed E-state index contributed by atoms with van der Waals surface area (Å²) in [6.07, 6.45) is 2.71. The first kappa shape index (κ1) is 14.4. The van der Waals surface area contributed by atoms with Crippen LogP contribution in [0.4, 0.5) is 5.13 Å². The summed E-state index contributed by atoms with van der Waals surface area (Å²) < 4.78 is 5.37. The van der Waals surface area contributed by atoms with Gasteiger partial charge in [-0.1, -0.05) is 19.4 Å². The number of nitrogen functional groups attached to an aromatic ring is 1. The van der Waals surface area contributed by atoms with E-state index in [0.29, 0.717) is 10.7 Å². The monoisotopic (exact) mass is 287 g/mol. The number of hydrogen-bond acceptors (Lipinski definition) is 5. The van der Waals surface area contributed by atoms with Crippen LogP contribution in [0, 0.1) is 11.3 Å². The summed E-state index contributed by atoms with van der Waals surface area (Å²) in [6.45, 7) is 2.13. The number of anilines is 1. The minimum absolute atomic E-state index is 0.600. The van der Waals surface area contributed by atoms with Crippen LogP contribution in [0.5, 0.6) is 5.75 Å². The second kappa shape index (κ2) is 6.40. The third-order valence-electron chi connectivity index (χ3n) is 3.05. The molecular formula is C15H17N3OS. The molecule has 0 saturated heterocycles. The Morgan fingerprint density at radius 2 is 2.25 bits per heavy atom. The van der Waals surface area contributed by atoms with Crippen LogP contribution in [0.1, 0.15) is 35.0 Å². The van der Waals surface area contributed by atoms with Crippen LogP contribution in [-0.4, -0.2) is 12.1 Å². The predicted octanol–water partition coefficient (Wildman–Crippen LogP) is 3.15. The zero-order chi connectivity index (χ0) is 14.5. The number of nitrogens with zero attached hydrogens (tertiary/aromatic N) is 2. The number of hydrogen-bond donors (Lipinski definition) is 1. The molecule has 1 heterocycles. The highest BCUT2D eigenvalue weighted by molar-refractivity contribution is 7.15. The largest absolute Gasteiger partial charge is 0.496 e. The molecule has 0 bridgehead atoms. The molecule has 20 heavy (non-hydrogen) atoms. The van der Waals surface area contributed by atoms with E-state index in [2.05, 4.69) is 18.0 Å². The molecule has 0 aliphatic heterocycles. The molecule has 2 rings (SSSR count). The summed E-state index contributed by atoms with van der Waals surface area (Å²) in [5.41, 5.74) is 8.53. The van der Waals surface area contributed by atoms with E-state index in [1.165, 1.54) is 16.2 Å². The number of ether oxygens (including phenoxy) is 1. The SMILES string of the molecule is CCCc1nc(N)sc1Cc1ccc(C#N)cc1OC. The Balaban J connectivity index is 2.32. The summed E-state index contributed by atoms with van der Waals surface area (Å²) in [4.78, 5) is 5.56. The maximum atomic E-state index is 8.93. The first-order valence-electron chi connectivity index (χ1n) is 6.49. The lowest BCUT2D eigenvalue weighted by molar-refractivity contribution is 0.410. The van der Waals surface area contributed by atoms with Gasteiger partial charge < -0.3 is 10.5 Å². The standard InChI is InChI=1S/C15H17N3OS/c1-3-4-12-14(20-15(17)18-12)8-11-6-5-10(9-16)7-13(11)19-2/h5-7H,3-4,8H2,1-2H3,(H2,17,18). The summed E-state index contributed by atoms with van der Waals surface area (Å²) in [5.74, 6) is 0.735. The topological polar surface area (TPSA) is 71.9 Å². The van der Waals surface area contributed by atoms with E-state index in [9.17, 15) is 0 Å². The lowest BCUT2D eigenvalue weighted by Crippen LogP contribution is -1.96. The van der Waals surface area contributed by atoms with E-state index in [1.807, 2.05) is 12.1 Å². The van der Waals surface area contributed by atoms with Gasteiger partial charge in [-0.25, -0.2) is 4.98 Å². The number of nitriles is 1. The first-order valence-corrected chi connectivity index (χ1v) is 7.30. The fourth-order valence-corrected chi connectivity index (χ4v) is 3.01. The summed E-state index contributed by atoms with van der Waals surface area (Å²) in [5, 5.41) is 9.53. The fourth-order valence-electron chi connectivity index (χ4n) is 2.11. The van der Waals surface area contributed by atoms with Crippen molar-refractivity contribution in [3.63, 3.8) is 0 Å². The Morgan fingerprint density at radius 3 is 2.90 bits per heavy atom. The number of rotatable bonds is 5. The van der Waals surface area contributed by atoms with Crippen LogP contribution < -0.4 is 10.5 Å². The fraction of sp³-hybridized carbons (Fsp3) is 0.333. The maximum Gasteiger partial charge on any atom is 0.180 e. The Morgan fingerprint density at radius 1 is 1.45 bits per heavy atom. The normalized spacial score (nSPS) is 10.2. The zero-order valence-electron chi connectivity index (χ0n) is 11.6. The minimum Gasteiger partial charge on any atom is -0.496 e. The maximum absolute atomic E-state index is 8.93. The lowest BCUT2D eigenvalue weighted by atomic mass is 10.1. The Labute approximate surface area is 122 Å². The van der Waals surface area contributed by atoms with Gasteiger partial charge in [0.15, 0.2) is 5.13 Å². The van der Waals surface area contributed by atoms with Crippen LogP contribution >= 0.6 is 11.3 Å². The van der Waals surface area contributed by atoms with Crippen molar-refractivity contribution in [3.05, 3.63) is 39.9 Å². The van der Waals surface area contributed by atoms with Gasteiger partial charge in [-0.15, -0.1) is 11.3 Å². The van der Waals surface area contributed by atoms with Gasteiger partial charge in [0.1, 0.15) is 5.75 Å². The Kier molecular flexibility index (Phi) is 4.59. The van der Waals surface area contributed by atoms with E-state index in [1.54, 1.807) is 13.2 Å². The van der Waals surface area contributed by atoms with Crippen molar-refractivity contribution in [3.8, 4) is 11.8 Å². The van der Waals surface area contributed by atoms with E-state index in [-0.39, 0.29) is 0 Å². The molecule has 4 nitrogen and oxygen atoms in total. The number of nitrogens with two attached hydrogens (primary N) is 1. The van der Waals surface area contributed by atoms with Crippen molar-refractivity contribution >= 4 is 16.5 Å². The highest BCUT2D eigenvalue weighted by Gasteiger charge is 2.12. The molecule has 1 aromatic heterocycles. The van der Waals surface area contributed by atoms with Gasteiger partial charge in [0.25, 0.3) is 0 Å². The van der Waals surface area contributed by atoms with Crippen LogP contribution in [-0.2, 0) is 12.8 Å². The Bertz CT molecular complexity index is 643. The van der Waals surface area contributed by atoms with Gasteiger partial charge >= 0.3 is 0 Å². The molecular weight excluding hydrogens is 270 g/mol. The van der Waals surface area contributed by atoms with Gasteiger partial charge in [0, 0.05) is 11.3 Å². The summed E-state index contributed by atoms with van der Waals surface area (Å²) in [6, 6.07) is 7.62. The molecule has 0 amide bonds. The second-order valence-electron chi connectivity index (χ2n) is 4.49. The van der Waals surface area contributed by atoms with Crippen molar-refractivity contribution in [1.82, 2.24) is 4.98 Å². The molecule has 0 spiro atoms. The van der Waals surface area contributed by atoms with Gasteiger partial charge in [0.2, 0.25) is 0 Å². The van der Waals surface area contributed by atoms with E-state index < -0.39 is 0 Å². The van der Waals surface area contributed by atoms with Crippen molar-refractivity contribution in [2.45, 2.75) is 26.2 Å². The van der Waals surface area contributed by atoms with Gasteiger partial charge in [-0.2, -0.15) is 5.26 Å². The smallest absolute Gasteiger partial charge is 0.180 e.